The van der Waals surface area contributed by atoms with Gasteiger partial charge in [-0.1, -0.05) is 286 Å². The molecule has 0 bridgehead atoms. The van der Waals surface area contributed by atoms with Crippen molar-refractivity contribution in [1.29, 1.82) is 0 Å². The van der Waals surface area contributed by atoms with Crippen LogP contribution in [-0.4, -0.2) is 37.2 Å². The van der Waals surface area contributed by atoms with Crippen molar-refractivity contribution in [2.45, 2.75) is 322 Å². The van der Waals surface area contributed by atoms with Crippen LogP contribution in [0.5, 0.6) is 0 Å². The summed E-state index contributed by atoms with van der Waals surface area (Å²) in [4.78, 5) is 38.2. The molecule has 0 aromatic carbocycles. The fraction of sp³-hybridized carbons (Fsp3) is 0.754. The van der Waals surface area contributed by atoms with Crippen molar-refractivity contribution >= 4 is 17.9 Å². The molecule has 432 valence electrons. The normalized spacial score (nSPS) is 12.6. The summed E-state index contributed by atoms with van der Waals surface area (Å²) in [5.74, 6) is -0.873. The molecule has 0 aromatic heterocycles. The Morgan fingerprint density at radius 2 is 0.520 bits per heavy atom. The quantitative estimate of drug-likeness (QED) is 0.0261. The summed E-state index contributed by atoms with van der Waals surface area (Å²) in [6, 6.07) is 0. The minimum absolute atomic E-state index is 0.0752. The molecule has 0 saturated heterocycles. The molecule has 0 fully saturated rings. The van der Waals surface area contributed by atoms with E-state index >= 15 is 0 Å². The molecule has 6 nitrogen and oxygen atoms in total. The molecule has 0 saturated carbocycles. The van der Waals surface area contributed by atoms with Gasteiger partial charge in [0.05, 0.1) is 0 Å². The monoisotopic (exact) mass is 1040 g/mol. The lowest BCUT2D eigenvalue weighted by atomic mass is 10.0. The molecule has 0 aliphatic carbocycles. The molecule has 0 rings (SSSR count). The summed E-state index contributed by atoms with van der Waals surface area (Å²) in [7, 11) is 0. The van der Waals surface area contributed by atoms with E-state index in [0.717, 1.165) is 96.3 Å². The maximum absolute atomic E-state index is 12.9. The second kappa shape index (κ2) is 63.1. The highest BCUT2D eigenvalue weighted by Crippen LogP contribution is 2.16. The van der Waals surface area contributed by atoms with Gasteiger partial charge < -0.3 is 14.2 Å². The van der Waals surface area contributed by atoms with E-state index in [2.05, 4.69) is 106 Å². The van der Waals surface area contributed by atoms with E-state index in [4.69, 9.17) is 14.2 Å². The molecular formula is C69H120O6. The lowest BCUT2D eigenvalue weighted by molar-refractivity contribution is -0.167. The van der Waals surface area contributed by atoms with E-state index < -0.39 is 6.10 Å². The van der Waals surface area contributed by atoms with E-state index in [1.807, 2.05) is 0 Å². The highest BCUT2D eigenvalue weighted by atomic mass is 16.6. The first-order valence-corrected chi connectivity index (χ1v) is 32.1. The van der Waals surface area contributed by atoms with Crippen LogP contribution in [-0.2, 0) is 28.6 Å². The van der Waals surface area contributed by atoms with Crippen LogP contribution in [0.15, 0.2) is 85.1 Å². The van der Waals surface area contributed by atoms with Crippen LogP contribution in [0.1, 0.15) is 316 Å². The van der Waals surface area contributed by atoms with E-state index in [1.54, 1.807) is 0 Å². The number of hydrogen-bond donors (Lipinski definition) is 0. The Morgan fingerprint density at radius 3 is 0.827 bits per heavy atom. The highest BCUT2D eigenvalue weighted by molar-refractivity contribution is 5.71. The Kier molecular flexibility index (Phi) is 60.3. The average Bonchev–Trinajstić information content (AvgIpc) is 3.41. The van der Waals surface area contributed by atoms with Gasteiger partial charge in [-0.15, -0.1) is 0 Å². The minimum atomic E-state index is -0.777. The number of carbonyl (C=O) groups is 3. The molecule has 0 heterocycles. The Hall–Kier alpha value is -3.41. The van der Waals surface area contributed by atoms with Gasteiger partial charge >= 0.3 is 17.9 Å². The van der Waals surface area contributed by atoms with Crippen molar-refractivity contribution in [3.8, 4) is 0 Å². The topological polar surface area (TPSA) is 78.9 Å². The van der Waals surface area contributed by atoms with Crippen LogP contribution < -0.4 is 0 Å². The van der Waals surface area contributed by atoms with Gasteiger partial charge in [0.25, 0.3) is 0 Å². The Balaban J connectivity index is 4.20. The smallest absolute Gasteiger partial charge is 0.306 e. The lowest BCUT2D eigenvalue weighted by Gasteiger charge is -2.18. The van der Waals surface area contributed by atoms with Crippen molar-refractivity contribution in [2.75, 3.05) is 13.2 Å². The number of esters is 3. The van der Waals surface area contributed by atoms with Crippen LogP contribution in [0.25, 0.3) is 0 Å². The summed E-state index contributed by atoms with van der Waals surface area (Å²) in [5.41, 5.74) is 0. The molecule has 0 amide bonds. The molecule has 0 radical (unpaired) electrons. The average molecular weight is 1050 g/mol. The van der Waals surface area contributed by atoms with E-state index in [9.17, 15) is 14.4 Å². The Morgan fingerprint density at radius 1 is 0.280 bits per heavy atom. The predicted molar refractivity (Wildman–Crippen MR) is 325 cm³/mol. The maximum atomic E-state index is 12.9. The second-order valence-corrected chi connectivity index (χ2v) is 21.3. The molecule has 1 atom stereocenters. The predicted octanol–water partition coefficient (Wildman–Crippen LogP) is 21.9. The Bertz CT molecular complexity index is 1430. The van der Waals surface area contributed by atoms with Gasteiger partial charge in [0.2, 0.25) is 0 Å². The SMILES string of the molecule is CC/C=C\C/C=C\C/C=C\C/C=C\C/C=C\C/C=C\CCCCCCCCCCCCC(=O)OCC(COC(=O)CCCCCCCCCCC)OC(=O)CCCCCCCCCCC/C=C\CCCCCCCC. The molecule has 6 heteroatoms. The number of ether oxygens (including phenoxy) is 3. The van der Waals surface area contributed by atoms with E-state index in [0.29, 0.717) is 19.3 Å². The minimum Gasteiger partial charge on any atom is -0.462 e. The third-order valence-electron chi connectivity index (χ3n) is 13.9. The summed E-state index contributed by atoms with van der Waals surface area (Å²) in [6.07, 6.45) is 83.1. The fourth-order valence-corrected chi connectivity index (χ4v) is 9.09. The van der Waals surface area contributed by atoms with Crippen LogP contribution >= 0.6 is 0 Å². The number of rotatable bonds is 58. The van der Waals surface area contributed by atoms with Gasteiger partial charge in [0.1, 0.15) is 13.2 Å². The number of hydrogen-bond acceptors (Lipinski definition) is 6. The van der Waals surface area contributed by atoms with Crippen LogP contribution in [0.3, 0.4) is 0 Å². The van der Waals surface area contributed by atoms with Gasteiger partial charge in [-0.25, -0.2) is 0 Å². The fourth-order valence-electron chi connectivity index (χ4n) is 9.09. The van der Waals surface area contributed by atoms with Gasteiger partial charge in [-0.2, -0.15) is 0 Å². The highest BCUT2D eigenvalue weighted by Gasteiger charge is 2.19. The summed E-state index contributed by atoms with van der Waals surface area (Å²) < 4.78 is 16.9. The molecule has 0 aliphatic rings. The van der Waals surface area contributed by atoms with Gasteiger partial charge in [0.15, 0.2) is 6.10 Å². The van der Waals surface area contributed by atoms with Crippen LogP contribution in [0.4, 0.5) is 0 Å². The first kappa shape index (κ1) is 71.6. The van der Waals surface area contributed by atoms with E-state index in [-0.39, 0.29) is 31.1 Å². The first-order valence-electron chi connectivity index (χ1n) is 32.1. The van der Waals surface area contributed by atoms with Gasteiger partial charge in [-0.3, -0.25) is 14.4 Å². The second-order valence-electron chi connectivity index (χ2n) is 21.3. The summed E-state index contributed by atoms with van der Waals surface area (Å²) in [6.45, 7) is 6.53. The number of unbranched alkanes of at least 4 members (excludes halogenated alkanes) is 33. The van der Waals surface area contributed by atoms with Crippen molar-refractivity contribution < 1.29 is 28.6 Å². The molecule has 75 heavy (non-hydrogen) atoms. The molecule has 0 aliphatic heterocycles. The Labute approximate surface area is 465 Å². The van der Waals surface area contributed by atoms with Crippen LogP contribution in [0, 0.1) is 0 Å². The molecule has 0 aromatic rings. The molecule has 1 unspecified atom stereocenters. The van der Waals surface area contributed by atoms with Crippen molar-refractivity contribution in [2.24, 2.45) is 0 Å². The first-order chi connectivity index (χ1) is 37.0. The summed E-state index contributed by atoms with van der Waals surface area (Å²) in [5, 5.41) is 0. The molecule has 0 spiro atoms. The van der Waals surface area contributed by atoms with Crippen molar-refractivity contribution in [1.82, 2.24) is 0 Å². The number of carbonyl (C=O) groups excluding carboxylic acids is 3. The zero-order valence-corrected chi connectivity index (χ0v) is 49.6. The maximum Gasteiger partial charge on any atom is 0.306 e. The zero-order valence-electron chi connectivity index (χ0n) is 49.6. The van der Waals surface area contributed by atoms with E-state index in [1.165, 1.54) is 180 Å². The standard InChI is InChI=1S/C69H120O6/c1-4-7-10-13-16-19-21-23-25-27-29-30-31-32-33-34-35-36-37-38-40-41-43-45-47-50-53-56-59-62-68(71)74-65-66(64-73-67(70)61-58-55-52-49-18-15-12-9-6-3)75-69(72)63-60-57-54-51-48-46-44-42-39-28-26-24-22-20-17-14-11-8-5-2/h7,10,16,19,23-26,29-30,32-33,35-36,66H,4-6,8-9,11-15,17-18,20-22,27-28,31,34,37-65H2,1-3H3/b10-7-,19-16-,25-23-,26-24-,30-29-,33-32-,36-35-. The van der Waals surface area contributed by atoms with Crippen molar-refractivity contribution in [3.05, 3.63) is 85.1 Å². The molecule has 0 N–H and O–H groups in total. The molecular weight excluding hydrogens is 925 g/mol. The third kappa shape index (κ3) is 61.3. The lowest BCUT2D eigenvalue weighted by Crippen LogP contribution is -2.30. The van der Waals surface area contributed by atoms with Crippen LogP contribution in [0.2, 0.25) is 0 Å². The summed E-state index contributed by atoms with van der Waals surface area (Å²) >= 11 is 0. The zero-order chi connectivity index (χ0) is 54.3. The van der Waals surface area contributed by atoms with Crippen molar-refractivity contribution in [3.63, 3.8) is 0 Å². The van der Waals surface area contributed by atoms with Gasteiger partial charge in [0, 0.05) is 19.3 Å². The largest absolute Gasteiger partial charge is 0.462 e. The number of allylic oxidation sites excluding steroid dienone is 14. The third-order valence-corrected chi connectivity index (χ3v) is 13.9. The van der Waals surface area contributed by atoms with Gasteiger partial charge in [-0.05, 0) is 96.3 Å².